The highest BCUT2D eigenvalue weighted by Crippen LogP contribution is 2.24. The molecule has 0 saturated carbocycles. The minimum atomic E-state index is -0.0527. The van der Waals surface area contributed by atoms with Crippen molar-refractivity contribution in [3.8, 4) is 0 Å². The number of nitrogens with zero attached hydrogens (tertiary/aromatic N) is 4. The van der Waals surface area contributed by atoms with Crippen molar-refractivity contribution in [3.63, 3.8) is 0 Å². The largest absolute Gasteiger partial charge is 0.337 e. The Hall–Kier alpha value is -1.85. The van der Waals surface area contributed by atoms with Crippen LogP contribution in [0.3, 0.4) is 0 Å². The number of hydrogen-bond acceptors (Lipinski definition) is 3. The Morgan fingerprint density at radius 2 is 1.60 bits per heavy atom. The van der Waals surface area contributed by atoms with Crippen LogP contribution in [0.1, 0.15) is 79.2 Å². The SMILES string of the molecule is CCN(CC)C(=O)c1nc(C(=O)N2CCCCCC2)c2n1CCCC2. The van der Waals surface area contributed by atoms with E-state index in [2.05, 4.69) is 4.98 Å². The molecular formula is C19H30N4O2. The summed E-state index contributed by atoms with van der Waals surface area (Å²) in [5.74, 6) is 0.422. The summed E-state index contributed by atoms with van der Waals surface area (Å²) in [5.41, 5.74) is 1.49. The highest BCUT2D eigenvalue weighted by Gasteiger charge is 2.31. The predicted molar refractivity (Wildman–Crippen MR) is 96.8 cm³/mol. The van der Waals surface area contributed by atoms with Gasteiger partial charge in [-0.1, -0.05) is 12.8 Å². The Labute approximate surface area is 150 Å². The molecule has 1 aromatic heterocycles. The van der Waals surface area contributed by atoms with Crippen molar-refractivity contribution < 1.29 is 9.59 Å². The summed E-state index contributed by atoms with van der Waals surface area (Å²) in [7, 11) is 0. The van der Waals surface area contributed by atoms with Gasteiger partial charge in [0.15, 0.2) is 5.82 Å². The van der Waals surface area contributed by atoms with E-state index in [-0.39, 0.29) is 11.8 Å². The molecule has 2 aliphatic rings. The zero-order valence-electron chi connectivity index (χ0n) is 15.6. The second kappa shape index (κ2) is 8.02. The van der Waals surface area contributed by atoms with E-state index in [0.717, 1.165) is 57.4 Å². The second-order valence-corrected chi connectivity index (χ2v) is 7.02. The zero-order chi connectivity index (χ0) is 17.8. The van der Waals surface area contributed by atoms with Crippen molar-refractivity contribution in [1.29, 1.82) is 0 Å². The first kappa shape index (κ1) is 18.0. The molecule has 25 heavy (non-hydrogen) atoms. The van der Waals surface area contributed by atoms with Crippen LogP contribution in [0.5, 0.6) is 0 Å². The second-order valence-electron chi connectivity index (χ2n) is 7.02. The Morgan fingerprint density at radius 1 is 0.960 bits per heavy atom. The van der Waals surface area contributed by atoms with Crippen molar-refractivity contribution in [2.75, 3.05) is 26.2 Å². The molecule has 1 saturated heterocycles. The van der Waals surface area contributed by atoms with Crippen LogP contribution in [0, 0.1) is 0 Å². The van der Waals surface area contributed by atoms with Crippen LogP contribution in [0.4, 0.5) is 0 Å². The first-order valence-corrected chi connectivity index (χ1v) is 9.85. The van der Waals surface area contributed by atoms with E-state index >= 15 is 0 Å². The third kappa shape index (κ3) is 3.58. The number of carbonyl (C=O) groups excluding carboxylic acids is 2. The molecule has 3 rings (SSSR count). The summed E-state index contributed by atoms with van der Waals surface area (Å²) in [6.07, 6.45) is 7.45. The Morgan fingerprint density at radius 3 is 2.24 bits per heavy atom. The maximum absolute atomic E-state index is 13.1. The molecule has 0 atom stereocenters. The van der Waals surface area contributed by atoms with Crippen molar-refractivity contribution in [2.24, 2.45) is 0 Å². The van der Waals surface area contributed by atoms with Gasteiger partial charge in [0.25, 0.3) is 11.8 Å². The van der Waals surface area contributed by atoms with Crippen molar-refractivity contribution in [3.05, 3.63) is 17.2 Å². The van der Waals surface area contributed by atoms with E-state index < -0.39 is 0 Å². The van der Waals surface area contributed by atoms with E-state index in [9.17, 15) is 9.59 Å². The monoisotopic (exact) mass is 346 g/mol. The molecule has 0 spiro atoms. The maximum atomic E-state index is 13.1. The van der Waals surface area contributed by atoms with Crippen molar-refractivity contribution in [2.45, 2.75) is 65.3 Å². The van der Waals surface area contributed by atoms with Gasteiger partial charge in [-0.3, -0.25) is 9.59 Å². The smallest absolute Gasteiger partial charge is 0.289 e. The lowest BCUT2D eigenvalue weighted by Crippen LogP contribution is -2.33. The van der Waals surface area contributed by atoms with Crippen LogP contribution in [0.25, 0.3) is 0 Å². The number of aromatic nitrogens is 2. The third-order valence-electron chi connectivity index (χ3n) is 5.46. The van der Waals surface area contributed by atoms with Gasteiger partial charge in [-0.2, -0.15) is 0 Å². The van der Waals surface area contributed by atoms with E-state index in [1.807, 2.05) is 23.3 Å². The maximum Gasteiger partial charge on any atom is 0.289 e. The highest BCUT2D eigenvalue weighted by atomic mass is 16.2. The fraction of sp³-hybridized carbons (Fsp3) is 0.737. The van der Waals surface area contributed by atoms with Crippen LogP contribution in [-0.4, -0.2) is 57.3 Å². The van der Waals surface area contributed by atoms with Crippen LogP contribution >= 0.6 is 0 Å². The lowest BCUT2D eigenvalue weighted by Gasteiger charge is -2.22. The normalized spacial score (nSPS) is 17.8. The van der Waals surface area contributed by atoms with Gasteiger partial charge in [-0.05, 0) is 46.0 Å². The summed E-state index contributed by atoms with van der Waals surface area (Å²) >= 11 is 0. The minimum Gasteiger partial charge on any atom is -0.337 e. The third-order valence-corrected chi connectivity index (χ3v) is 5.46. The molecule has 1 aromatic rings. The summed E-state index contributed by atoms with van der Waals surface area (Å²) < 4.78 is 2.01. The molecule has 0 radical (unpaired) electrons. The first-order valence-electron chi connectivity index (χ1n) is 9.85. The van der Waals surface area contributed by atoms with Gasteiger partial charge in [-0.25, -0.2) is 4.98 Å². The lowest BCUT2D eigenvalue weighted by molar-refractivity contribution is 0.0754. The van der Waals surface area contributed by atoms with Crippen LogP contribution in [0.2, 0.25) is 0 Å². The number of hydrogen-bond donors (Lipinski definition) is 0. The van der Waals surface area contributed by atoms with Crippen molar-refractivity contribution in [1.82, 2.24) is 19.4 Å². The topological polar surface area (TPSA) is 58.4 Å². The number of imidazole rings is 1. The quantitative estimate of drug-likeness (QED) is 0.842. The Bertz CT molecular complexity index is 626. The molecule has 138 valence electrons. The standard InChI is InChI=1S/C19H30N4O2/c1-3-21(4-2)19(25)17-20-16(15-11-7-10-14-23(15)17)18(24)22-12-8-5-6-9-13-22/h3-14H2,1-2H3. The Balaban J connectivity index is 1.94. The molecule has 0 bridgehead atoms. The fourth-order valence-electron chi connectivity index (χ4n) is 3.95. The van der Waals surface area contributed by atoms with Gasteiger partial charge < -0.3 is 14.4 Å². The highest BCUT2D eigenvalue weighted by molar-refractivity contribution is 5.97. The molecule has 0 N–H and O–H groups in total. The number of amides is 2. The van der Waals surface area contributed by atoms with Gasteiger partial charge in [-0.15, -0.1) is 0 Å². The van der Waals surface area contributed by atoms with Crippen LogP contribution < -0.4 is 0 Å². The minimum absolute atomic E-state index is 0.0196. The summed E-state index contributed by atoms with van der Waals surface area (Å²) in [6.45, 7) is 7.68. The van der Waals surface area contributed by atoms with Crippen LogP contribution in [-0.2, 0) is 13.0 Å². The molecule has 1 fully saturated rings. The van der Waals surface area contributed by atoms with Gasteiger partial charge in [0.1, 0.15) is 5.69 Å². The molecule has 2 amide bonds. The number of rotatable bonds is 4. The average molecular weight is 346 g/mol. The molecule has 2 aliphatic heterocycles. The molecule has 0 aliphatic carbocycles. The predicted octanol–water partition coefficient (Wildman–Crippen LogP) is 2.72. The first-order chi connectivity index (χ1) is 12.2. The number of fused-ring (bicyclic) bond motifs is 1. The van der Waals surface area contributed by atoms with Gasteiger partial charge in [0.05, 0.1) is 5.69 Å². The van der Waals surface area contributed by atoms with E-state index in [1.54, 1.807) is 4.90 Å². The fourth-order valence-corrected chi connectivity index (χ4v) is 3.95. The molecule has 0 unspecified atom stereocenters. The molecule has 0 aromatic carbocycles. The van der Waals surface area contributed by atoms with Crippen molar-refractivity contribution >= 4 is 11.8 Å². The summed E-state index contributed by atoms with van der Waals surface area (Å²) in [5, 5.41) is 0. The van der Waals surface area contributed by atoms with E-state index in [1.165, 1.54) is 12.8 Å². The van der Waals surface area contributed by atoms with Gasteiger partial charge >= 0.3 is 0 Å². The zero-order valence-corrected chi connectivity index (χ0v) is 15.6. The number of likely N-dealkylation sites (tertiary alicyclic amines) is 1. The molecular weight excluding hydrogens is 316 g/mol. The summed E-state index contributed by atoms with van der Waals surface area (Å²) in [4.78, 5) is 34.3. The molecule has 3 heterocycles. The van der Waals surface area contributed by atoms with Gasteiger partial charge in [0.2, 0.25) is 0 Å². The van der Waals surface area contributed by atoms with Gasteiger partial charge in [0, 0.05) is 32.7 Å². The summed E-state index contributed by atoms with van der Waals surface area (Å²) in [6, 6.07) is 0. The van der Waals surface area contributed by atoms with E-state index in [0.29, 0.717) is 24.6 Å². The number of carbonyl (C=O) groups is 2. The lowest BCUT2D eigenvalue weighted by atomic mass is 10.1. The Kier molecular flexibility index (Phi) is 5.76. The molecule has 6 nitrogen and oxygen atoms in total. The van der Waals surface area contributed by atoms with E-state index in [4.69, 9.17) is 0 Å². The van der Waals surface area contributed by atoms with Crippen LogP contribution in [0.15, 0.2) is 0 Å². The molecule has 6 heteroatoms. The average Bonchev–Trinajstić information content (AvgIpc) is 2.81.